The van der Waals surface area contributed by atoms with Gasteiger partial charge in [0, 0.05) is 18.8 Å². The summed E-state index contributed by atoms with van der Waals surface area (Å²) in [5.41, 5.74) is 7.30. The summed E-state index contributed by atoms with van der Waals surface area (Å²) in [7, 11) is 0. The molecule has 1 saturated heterocycles. The van der Waals surface area contributed by atoms with Crippen LogP contribution in [0.15, 0.2) is 18.2 Å². The molecule has 3 heteroatoms. The molecule has 0 spiro atoms. The van der Waals surface area contributed by atoms with E-state index in [4.69, 9.17) is 5.73 Å². The van der Waals surface area contributed by atoms with Crippen molar-refractivity contribution in [1.29, 1.82) is 0 Å². The van der Waals surface area contributed by atoms with Crippen LogP contribution in [-0.2, 0) is 0 Å². The zero-order valence-electron chi connectivity index (χ0n) is 9.53. The van der Waals surface area contributed by atoms with Crippen molar-refractivity contribution < 1.29 is 0 Å². The minimum atomic E-state index is 0.0280. The Balaban J connectivity index is 2.00. The lowest BCUT2D eigenvalue weighted by Gasteiger charge is -2.48. The molecule has 0 aromatic carbocycles. The second-order valence-corrected chi connectivity index (χ2v) is 4.61. The number of nitrogens with two attached hydrogens (primary N) is 1. The molecule has 2 heterocycles. The van der Waals surface area contributed by atoms with Crippen molar-refractivity contribution in [2.24, 2.45) is 5.73 Å². The van der Waals surface area contributed by atoms with Gasteiger partial charge in [0.15, 0.2) is 0 Å². The Hall–Kier alpha value is -1.09. The summed E-state index contributed by atoms with van der Waals surface area (Å²) in [6, 6.07) is 6.12. The summed E-state index contributed by atoms with van der Waals surface area (Å²) >= 11 is 0. The predicted octanol–water partition coefficient (Wildman–Crippen LogP) is 1.71. The van der Waals surface area contributed by atoms with Gasteiger partial charge in [0.1, 0.15) is 5.82 Å². The van der Waals surface area contributed by atoms with Crippen LogP contribution in [0, 0.1) is 6.92 Å². The van der Waals surface area contributed by atoms with Gasteiger partial charge in [0.25, 0.3) is 0 Å². The molecular weight excluding hydrogens is 186 g/mol. The van der Waals surface area contributed by atoms with Gasteiger partial charge in [-0.1, -0.05) is 19.4 Å². The van der Waals surface area contributed by atoms with Crippen LogP contribution < -0.4 is 10.6 Å². The average Bonchev–Trinajstić information content (AvgIpc) is 2.14. The zero-order valence-corrected chi connectivity index (χ0v) is 9.53. The Bertz CT molecular complexity index is 342. The van der Waals surface area contributed by atoms with Gasteiger partial charge in [0.05, 0.1) is 5.54 Å². The number of aromatic nitrogens is 1. The van der Waals surface area contributed by atoms with Crippen LogP contribution in [-0.4, -0.2) is 23.6 Å². The van der Waals surface area contributed by atoms with Gasteiger partial charge >= 0.3 is 0 Å². The number of aryl methyl sites for hydroxylation is 1. The van der Waals surface area contributed by atoms with Gasteiger partial charge in [0.2, 0.25) is 0 Å². The molecule has 1 aromatic heterocycles. The van der Waals surface area contributed by atoms with Crippen LogP contribution in [0.5, 0.6) is 0 Å². The summed E-state index contributed by atoms with van der Waals surface area (Å²) in [6.07, 6.45) is 2.26. The second-order valence-electron chi connectivity index (χ2n) is 4.61. The van der Waals surface area contributed by atoms with Crippen molar-refractivity contribution in [2.75, 3.05) is 18.0 Å². The van der Waals surface area contributed by atoms with E-state index >= 15 is 0 Å². The molecule has 1 aliphatic heterocycles. The fourth-order valence-electron chi connectivity index (χ4n) is 2.24. The zero-order chi connectivity index (χ0) is 10.9. The van der Waals surface area contributed by atoms with Crippen molar-refractivity contribution in [3.63, 3.8) is 0 Å². The minimum Gasteiger partial charge on any atom is -0.353 e. The maximum Gasteiger partial charge on any atom is 0.128 e. The summed E-state index contributed by atoms with van der Waals surface area (Å²) in [5, 5.41) is 0. The van der Waals surface area contributed by atoms with Crippen LogP contribution in [0.3, 0.4) is 0 Å². The topological polar surface area (TPSA) is 42.1 Å². The van der Waals surface area contributed by atoms with Crippen LogP contribution in [0.4, 0.5) is 5.82 Å². The molecule has 0 unspecified atom stereocenters. The number of anilines is 1. The van der Waals surface area contributed by atoms with Crippen molar-refractivity contribution in [1.82, 2.24) is 4.98 Å². The predicted molar refractivity (Wildman–Crippen MR) is 63.0 cm³/mol. The first-order valence-electron chi connectivity index (χ1n) is 5.60. The molecule has 82 valence electrons. The monoisotopic (exact) mass is 205 g/mol. The third-order valence-corrected chi connectivity index (χ3v) is 2.96. The van der Waals surface area contributed by atoms with Gasteiger partial charge in [-0.3, -0.25) is 0 Å². The van der Waals surface area contributed by atoms with Gasteiger partial charge in [-0.25, -0.2) is 4.98 Å². The quantitative estimate of drug-likeness (QED) is 0.816. The van der Waals surface area contributed by atoms with Crippen molar-refractivity contribution in [2.45, 2.75) is 32.2 Å². The molecule has 0 amide bonds. The minimum absolute atomic E-state index is 0.0280. The highest BCUT2D eigenvalue weighted by Gasteiger charge is 2.38. The van der Waals surface area contributed by atoms with Crippen molar-refractivity contribution in [3.8, 4) is 0 Å². The molecule has 1 aromatic rings. The molecular formula is C12H19N3. The Morgan fingerprint density at radius 2 is 2.20 bits per heavy atom. The Kier molecular flexibility index (Phi) is 2.65. The fourth-order valence-corrected chi connectivity index (χ4v) is 2.24. The highest BCUT2D eigenvalue weighted by molar-refractivity contribution is 5.44. The van der Waals surface area contributed by atoms with Crippen LogP contribution >= 0.6 is 0 Å². The Morgan fingerprint density at radius 3 is 2.80 bits per heavy atom. The lowest BCUT2D eigenvalue weighted by molar-refractivity contribution is 0.306. The van der Waals surface area contributed by atoms with Crippen molar-refractivity contribution in [3.05, 3.63) is 23.9 Å². The molecule has 2 N–H and O–H groups in total. The Labute approximate surface area is 91.3 Å². The van der Waals surface area contributed by atoms with E-state index in [1.54, 1.807) is 0 Å². The summed E-state index contributed by atoms with van der Waals surface area (Å²) < 4.78 is 0. The Morgan fingerprint density at radius 1 is 1.47 bits per heavy atom. The van der Waals surface area contributed by atoms with Gasteiger partial charge < -0.3 is 10.6 Å². The molecule has 2 rings (SSSR count). The third-order valence-electron chi connectivity index (χ3n) is 2.96. The summed E-state index contributed by atoms with van der Waals surface area (Å²) in [6.45, 7) is 6.09. The molecule has 0 aliphatic carbocycles. The van der Waals surface area contributed by atoms with Crippen LogP contribution in [0.2, 0.25) is 0 Å². The van der Waals surface area contributed by atoms with Gasteiger partial charge in [-0.2, -0.15) is 0 Å². The van der Waals surface area contributed by atoms with Gasteiger partial charge in [-0.05, 0) is 25.5 Å². The molecule has 0 saturated carbocycles. The maximum atomic E-state index is 6.21. The molecule has 0 bridgehead atoms. The lowest BCUT2D eigenvalue weighted by Crippen LogP contribution is -2.67. The van der Waals surface area contributed by atoms with Crippen LogP contribution in [0.1, 0.15) is 25.5 Å². The number of rotatable bonds is 3. The third kappa shape index (κ3) is 2.12. The van der Waals surface area contributed by atoms with Gasteiger partial charge in [-0.15, -0.1) is 0 Å². The second kappa shape index (κ2) is 3.81. The van der Waals surface area contributed by atoms with E-state index in [-0.39, 0.29) is 5.54 Å². The SMILES string of the molecule is CCCC1(N)CN(c2cccc(C)n2)C1. The number of pyridine rings is 1. The summed E-state index contributed by atoms with van der Waals surface area (Å²) in [4.78, 5) is 6.74. The molecule has 3 nitrogen and oxygen atoms in total. The normalized spacial score (nSPS) is 18.7. The van der Waals surface area contributed by atoms with E-state index in [2.05, 4.69) is 22.9 Å². The highest BCUT2D eigenvalue weighted by Crippen LogP contribution is 2.27. The number of nitrogens with zero attached hydrogens (tertiary/aromatic N) is 2. The first kappa shape index (κ1) is 10.4. The summed E-state index contributed by atoms with van der Waals surface area (Å²) in [5.74, 6) is 1.06. The molecule has 1 aliphatic rings. The van der Waals surface area contributed by atoms with E-state index in [0.717, 1.165) is 37.4 Å². The number of hydrogen-bond acceptors (Lipinski definition) is 3. The standard InChI is InChI=1S/C12H19N3/c1-3-7-12(13)8-15(9-12)11-6-4-5-10(2)14-11/h4-6H,3,7-9,13H2,1-2H3. The van der Waals surface area contributed by atoms with Crippen molar-refractivity contribution >= 4 is 5.82 Å². The van der Waals surface area contributed by atoms with E-state index in [1.807, 2.05) is 19.1 Å². The molecule has 15 heavy (non-hydrogen) atoms. The molecule has 1 fully saturated rings. The molecule has 0 atom stereocenters. The highest BCUT2D eigenvalue weighted by atomic mass is 15.3. The average molecular weight is 205 g/mol. The fraction of sp³-hybridized carbons (Fsp3) is 0.583. The maximum absolute atomic E-state index is 6.21. The van der Waals surface area contributed by atoms with E-state index < -0.39 is 0 Å². The smallest absolute Gasteiger partial charge is 0.128 e. The first-order chi connectivity index (χ1) is 7.13. The van der Waals surface area contributed by atoms with E-state index in [9.17, 15) is 0 Å². The van der Waals surface area contributed by atoms with E-state index in [0.29, 0.717) is 0 Å². The largest absolute Gasteiger partial charge is 0.353 e. The number of hydrogen-bond donors (Lipinski definition) is 1. The molecule has 0 radical (unpaired) electrons. The lowest BCUT2D eigenvalue weighted by atomic mass is 9.86. The van der Waals surface area contributed by atoms with E-state index in [1.165, 1.54) is 0 Å². The first-order valence-corrected chi connectivity index (χ1v) is 5.60. The van der Waals surface area contributed by atoms with Crippen LogP contribution in [0.25, 0.3) is 0 Å².